The molecular weight excluding hydrogens is 240 g/mol. The van der Waals surface area contributed by atoms with Crippen LogP contribution in [0.3, 0.4) is 0 Å². The third-order valence-corrected chi connectivity index (χ3v) is 6.16. The summed E-state index contributed by atoms with van der Waals surface area (Å²) in [5, 5.41) is 4.66. The van der Waals surface area contributed by atoms with Gasteiger partial charge in [-0.1, -0.05) is 13.8 Å². The van der Waals surface area contributed by atoms with Gasteiger partial charge in [-0.15, -0.1) is 0 Å². The van der Waals surface area contributed by atoms with E-state index in [1.807, 2.05) is 0 Å². The Morgan fingerprint density at radius 2 is 2.11 bits per heavy atom. The number of nitrogens with one attached hydrogen (secondary N) is 1. The van der Waals surface area contributed by atoms with E-state index in [1.165, 1.54) is 38.0 Å². The Morgan fingerprint density at radius 3 is 2.78 bits per heavy atom. The van der Waals surface area contributed by atoms with Crippen molar-refractivity contribution < 1.29 is 0 Å². The molecule has 2 nitrogen and oxygen atoms in total. The lowest BCUT2D eigenvalue weighted by Crippen LogP contribution is -2.63. The molecule has 2 fully saturated rings. The van der Waals surface area contributed by atoms with Crippen molar-refractivity contribution in [2.75, 3.05) is 18.8 Å². The number of nitrogens with zero attached hydrogens (tertiary/aromatic N) is 1. The molecule has 1 aliphatic carbocycles. The summed E-state index contributed by atoms with van der Waals surface area (Å²) in [6, 6.07) is 1.55. The smallest absolute Gasteiger partial charge is 0.0278 e. The van der Waals surface area contributed by atoms with Gasteiger partial charge in [-0.2, -0.15) is 11.8 Å². The lowest BCUT2D eigenvalue weighted by Gasteiger charge is -2.47. The number of hydrogen-bond acceptors (Lipinski definition) is 3. The number of hydrogen-bond donors (Lipinski definition) is 1. The van der Waals surface area contributed by atoms with Crippen LogP contribution in [0.15, 0.2) is 0 Å². The first-order valence-corrected chi connectivity index (χ1v) is 8.75. The van der Waals surface area contributed by atoms with Crippen LogP contribution in [0.25, 0.3) is 0 Å². The van der Waals surface area contributed by atoms with Crippen molar-refractivity contribution in [3.63, 3.8) is 0 Å². The Hall–Kier alpha value is 0.270. The number of thioether (sulfide) groups is 1. The minimum Gasteiger partial charge on any atom is -0.309 e. The molecule has 3 heteroatoms. The van der Waals surface area contributed by atoms with Gasteiger partial charge in [0, 0.05) is 36.0 Å². The van der Waals surface area contributed by atoms with E-state index >= 15 is 0 Å². The van der Waals surface area contributed by atoms with E-state index in [2.05, 4.69) is 49.7 Å². The van der Waals surface area contributed by atoms with Crippen molar-refractivity contribution in [2.24, 2.45) is 0 Å². The lowest BCUT2D eigenvalue weighted by molar-refractivity contribution is 0.0560. The molecule has 2 rings (SSSR count). The highest BCUT2D eigenvalue weighted by atomic mass is 32.2. The Morgan fingerprint density at radius 1 is 1.33 bits per heavy atom. The molecule has 1 heterocycles. The van der Waals surface area contributed by atoms with Crippen molar-refractivity contribution in [1.29, 1.82) is 0 Å². The maximum atomic E-state index is 3.74. The van der Waals surface area contributed by atoms with Gasteiger partial charge in [0.2, 0.25) is 0 Å². The van der Waals surface area contributed by atoms with Gasteiger partial charge in [0.1, 0.15) is 0 Å². The average molecular weight is 270 g/mol. The van der Waals surface area contributed by atoms with Crippen LogP contribution >= 0.6 is 11.8 Å². The van der Waals surface area contributed by atoms with Crippen LogP contribution in [-0.2, 0) is 0 Å². The minimum atomic E-state index is 0.336. The van der Waals surface area contributed by atoms with Crippen molar-refractivity contribution in [2.45, 2.75) is 76.3 Å². The van der Waals surface area contributed by atoms with Crippen molar-refractivity contribution in [3.8, 4) is 0 Å². The van der Waals surface area contributed by atoms with E-state index in [-0.39, 0.29) is 0 Å². The standard InChI is InChI=1S/C15H30N2S/c1-5-15(4)11-17(12(3)10-16-15)13-7-8-14(9-13)18-6-2/h12-14,16H,5-11H2,1-4H3. The van der Waals surface area contributed by atoms with Crippen LogP contribution in [0, 0.1) is 0 Å². The third kappa shape index (κ3) is 3.23. The second kappa shape index (κ2) is 6.15. The van der Waals surface area contributed by atoms with Gasteiger partial charge in [-0.25, -0.2) is 0 Å². The van der Waals surface area contributed by atoms with Crippen molar-refractivity contribution >= 4 is 11.8 Å². The molecule has 1 saturated carbocycles. The van der Waals surface area contributed by atoms with Gasteiger partial charge in [0.15, 0.2) is 0 Å². The first-order chi connectivity index (χ1) is 8.58. The molecule has 4 unspecified atom stereocenters. The zero-order valence-electron chi connectivity index (χ0n) is 12.5. The molecule has 0 aromatic rings. The molecule has 0 amide bonds. The third-order valence-electron chi connectivity index (χ3n) is 4.93. The highest BCUT2D eigenvalue weighted by Gasteiger charge is 2.38. The van der Waals surface area contributed by atoms with Crippen LogP contribution in [0.5, 0.6) is 0 Å². The zero-order valence-corrected chi connectivity index (χ0v) is 13.4. The average Bonchev–Trinajstić information content (AvgIpc) is 2.82. The van der Waals surface area contributed by atoms with Crippen LogP contribution in [0.1, 0.15) is 53.4 Å². The Labute approximate surface area is 117 Å². The molecular formula is C15H30N2S. The largest absolute Gasteiger partial charge is 0.309 e. The van der Waals surface area contributed by atoms with Crippen LogP contribution < -0.4 is 5.32 Å². The summed E-state index contributed by atoms with van der Waals surface area (Å²) < 4.78 is 0. The second-order valence-electron chi connectivity index (χ2n) is 6.36. The molecule has 0 bridgehead atoms. The van der Waals surface area contributed by atoms with Gasteiger partial charge >= 0.3 is 0 Å². The maximum absolute atomic E-state index is 3.74. The van der Waals surface area contributed by atoms with Gasteiger partial charge < -0.3 is 5.32 Å². The number of piperazine rings is 1. The van der Waals surface area contributed by atoms with Gasteiger partial charge in [0.05, 0.1) is 0 Å². The molecule has 18 heavy (non-hydrogen) atoms. The number of rotatable bonds is 4. The molecule has 1 saturated heterocycles. The minimum absolute atomic E-state index is 0.336. The van der Waals surface area contributed by atoms with Crippen molar-refractivity contribution in [3.05, 3.63) is 0 Å². The summed E-state index contributed by atoms with van der Waals surface area (Å²) in [6.07, 6.45) is 5.50. The fourth-order valence-corrected chi connectivity index (χ4v) is 4.59. The summed E-state index contributed by atoms with van der Waals surface area (Å²) >= 11 is 2.17. The molecule has 1 N–H and O–H groups in total. The van der Waals surface area contributed by atoms with Gasteiger partial charge in [-0.05, 0) is 45.3 Å². The van der Waals surface area contributed by atoms with E-state index < -0.39 is 0 Å². The summed E-state index contributed by atoms with van der Waals surface area (Å²) in [5.74, 6) is 1.28. The van der Waals surface area contributed by atoms with Gasteiger partial charge in [-0.3, -0.25) is 4.90 Å². The summed E-state index contributed by atoms with van der Waals surface area (Å²) in [6.45, 7) is 11.8. The van der Waals surface area contributed by atoms with Crippen molar-refractivity contribution in [1.82, 2.24) is 10.2 Å². The fourth-order valence-electron chi connectivity index (χ4n) is 3.46. The molecule has 0 spiro atoms. The fraction of sp³-hybridized carbons (Fsp3) is 1.00. The molecule has 106 valence electrons. The van der Waals surface area contributed by atoms with Gasteiger partial charge in [0.25, 0.3) is 0 Å². The Kier molecular flexibility index (Phi) is 5.01. The first-order valence-electron chi connectivity index (χ1n) is 7.70. The van der Waals surface area contributed by atoms with E-state index in [1.54, 1.807) is 0 Å². The summed E-state index contributed by atoms with van der Waals surface area (Å²) in [7, 11) is 0. The van der Waals surface area contributed by atoms with Crippen LogP contribution in [0.2, 0.25) is 0 Å². The van der Waals surface area contributed by atoms with E-state index in [0.717, 1.165) is 17.8 Å². The van der Waals surface area contributed by atoms with Crippen LogP contribution in [-0.4, -0.2) is 46.6 Å². The normalized spacial score (nSPS) is 42.3. The van der Waals surface area contributed by atoms with Crippen LogP contribution in [0.4, 0.5) is 0 Å². The molecule has 0 radical (unpaired) electrons. The monoisotopic (exact) mass is 270 g/mol. The predicted molar refractivity (Wildman–Crippen MR) is 82.4 cm³/mol. The molecule has 4 atom stereocenters. The van der Waals surface area contributed by atoms with E-state index in [4.69, 9.17) is 0 Å². The summed E-state index contributed by atoms with van der Waals surface area (Å²) in [5.41, 5.74) is 0.336. The summed E-state index contributed by atoms with van der Waals surface area (Å²) in [4.78, 5) is 2.80. The molecule has 2 aliphatic rings. The van der Waals surface area contributed by atoms with E-state index in [0.29, 0.717) is 11.6 Å². The molecule has 0 aromatic heterocycles. The maximum Gasteiger partial charge on any atom is 0.0278 e. The Bertz CT molecular complexity index is 271. The molecule has 1 aliphatic heterocycles. The quantitative estimate of drug-likeness (QED) is 0.845. The van der Waals surface area contributed by atoms with E-state index in [9.17, 15) is 0 Å². The predicted octanol–water partition coefficient (Wildman–Crippen LogP) is 3.12. The molecule has 0 aromatic carbocycles. The zero-order chi connectivity index (χ0) is 13.2. The Balaban J connectivity index is 1.94. The highest BCUT2D eigenvalue weighted by Crippen LogP contribution is 2.35. The lowest BCUT2D eigenvalue weighted by atomic mass is 9.92. The highest BCUT2D eigenvalue weighted by molar-refractivity contribution is 7.99. The second-order valence-corrected chi connectivity index (χ2v) is 7.94. The topological polar surface area (TPSA) is 15.3 Å². The first kappa shape index (κ1) is 14.7. The SMILES string of the molecule is CCSC1CCC(N2CC(C)(CC)NCC2C)C1.